The molecule has 0 unspecified atom stereocenters. The summed E-state index contributed by atoms with van der Waals surface area (Å²) in [5.41, 5.74) is 1.77. The number of likely N-dealkylation sites (tertiary alicyclic amines) is 2. The highest BCUT2D eigenvalue weighted by Gasteiger charge is 2.52. The highest BCUT2D eigenvalue weighted by Crippen LogP contribution is 2.39. The number of aliphatic hydroxyl groups is 1. The number of amides is 1. The molecule has 3 rings (SSSR count). The Balaban J connectivity index is 1.60. The summed E-state index contributed by atoms with van der Waals surface area (Å²) in [6.07, 6.45) is 1.29. The number of hydrogen-bond acceptors (Lipinski definition) is 3. The molecular formula is C17H23FN2O2. The second-order valence-corrected chi connectivity index (χ2v) is 6.85. The fourth-order valence-corrected chi connectivity index (χ4v) is 3.80. The van der Waals surface area contributed by atoms with Crippen molar-refractivity contribution in [1.82, 2.24) is 9.80 Å². The molecule has 1 N–H and O–H groups in total. The first-order valence-corrected chi connectivity index (χ1v) is 7.78. The molecule has 2 heterocycles. The minimum Gasteiger partial charge on any atom is -0.396 e. The highest BCUT2D eigenvalue weighted by molar-refractivity contribution is 5.80. The van der Waals surface area contributed by atoms with E-state index < -0.39 is 0 Å². The van der Waals surface area contributed by atoms with Gasteiger partial charge < -0.3 is 10.0 Å². The van der Waals surface area contributed by atoms with E-state index in [-0.39, 0.29) is 23.9 Å². The third kappa shape index (κ3) is 2.63. The van der Waals surface area contributed by atoms with Crippen LogP contribution in [-0.2, 0) is 11.2 Å². The van der Waals surface area contributed by atoms with Gasteiger partial charge in [0.2, 0.25) is 5.91 Å². The second kappa shape index (κ2) is 5.63. The lowest BCUT2D eigenvalue weighted by Crippen LogP contribution is -2.68. The van der Waals surface area contributed by atoms with E-state index in [4.69, 9.17) is 0 Å². The lowest BCUT2D eigenvalue weighted by atomic mass is 9.84. The number of carbonyl (C=O) groups excluding carboxylic acids is 1. The van der Waals surface area contributed by atoms with Crippen LogP contribution in [-0.4, -0.2) is 59.6 Å². The predicted octanol–water partition coefficient (Wildman–Crippen LogP) is 1.20. The quantitative estimate of drug-likeness (QED) is 0.913. The number of halogens is 1. The number of benzene rings is 1. The van der Waals surface area contributed by atoms with Crippen molar-refractivity contribution in [2.45, 2.75) is 25.3 Å². The van der Waals surface area contributed by atoms with Crippen LogP contribution in [0.4, 0.5) is 4.39 Å². The molecule has 2 fully saturated rings. The van der Waals surface area contributed by atoms with Crippen molar-refractivity contribution in [2.24, 2.45) is 5.92 Å². The van der Waals surface area contributed by atoms with Crippen LogP contribution in [0.3, 0.4) is 0 Å². The van der Waals surface area contributed by atoms with Crippen LogP contribution in [0.15, 0.2) is 18.2 Å². The Bertz CT molecular complexity index is 584. The van der Waals surface area contributed by atoms with Gasteiger partial charge in [-0.1, -0.05) is 6.07 Å². The highest BCUT2D eigenvalue weighted by atomic mass is 19.1. The van der Waals surface area contributed by atoms with Crippen LogP contribution in [0.1, 0.15) is 17.5 Å². The Labute approximate surface area is 130 Å². The van der Waals surface area contributed by atoms with Gasteiger partial charge in [0.25, 0.3) is 0 Å². The Morgan fingerprint density at radius 3 is 2.77 bits per heavy atom. The van der Waals surface area contributed by atoms with Gasteiger partial charge in [-0.3, -0.25) is 9.69 Å². The standard InChI is InChI=1S/C17H23FN2O2/c1-12-5-15(18)4-3-14(12)6-16(22)20-10-17(11-20)7-13(9-21)8-19(17)2/h3-5,13,21H,6-11H2,1-2H3/t13-/m0/s1. The molecule has 0 radical (unpaired) electrons. The molecule has 22 heavy (non-hydrogen) atoms. The number of carbonyl (C=O) groups is 1. The zero-order chi connectivity index (χ0) is 15.9. The largest absolute Gasteiger partial charge is 0.396 e. The van der Waals surface area contributed by atoms with Crippen LogP contribution < -0.4 is 0 Å². The Morgan fingerprint density at radius 2 is 2.18 bits per heavy atom. The number of rotatable bonds is 3. The van der Waals surface area contributed by atoms with Gasteiger partial charge in [-0.25, -0.2) is 4.39 Å². The van der Waals surface area contributed by atoms with E-state index in [9.17, 15) is 14.3 Å². The fourth-order valence-electron chi connectivity index (χ4n) is 3.80. The van der Waals surface area contributed by atoms with Gasteiger partial charge in [0.05, 0.1) is 12.0 Å². The van der Waals surface area contributed by atoms with Crippen molar-refractivity contribution < 1.29 is 14.3 Å². The maximum Gasteiger partial charge on any atom is 0.227 e. The topological polar surface area (TPSA) is 43.8 Å². The molecule has 2 aliphatic rings. The van der Waals surface area contributed by atoms with E-state index >= 15 is 0 Å². The van der Waals surface area contributed by atoms with E-state index in [0.29, 0.717) is 12.3 Å². The third-order valence-electron chi connectivity index (χ3n) is 5.24. The Morgan fingerprint density at radius 1 is 1.45 bits per heavy atom. The maximum atomic E-state index is 13.1. The first-order chi connectivity index (χ1) is 10.4. The molecule has 120 valence electrons. The number of aryl methyl sites for hydroxylation is 1. The van der Waals surface area contributed by atoms with Gasteiger partial charge in [-0.2, -0.15) is 0 Å². The minimum absolute atomic E-state index is 0.0564. The lowest BCUT2D eigenvalue weighted by Gasteiger charge is -2.52. The summed E-state index contributed by atoms with van der Waals surface area (Å²) in [5, 5.41) is 9.32. The maximum absolute atomic E-state index is 13.1. The summed E-state index contributed by atoms with van der Waals surface area (Å²) >= 11 is 0. The van der Waals surface area contributed by atoms with Crippen LogP contribution in [0.2, 0.25) is 0 Å². The van der Waals surface area contributed by atoms with Crippen molar-refractivity contribution in [3.8, 4) is 0 Å². The average Bonchev–Trinajstić information content (AvgIpc) is 2.77. The van der Waals surface area contributed by atoms with E-state index in [1.165, 1.54) is 12.1 Å². The average molecular weight is 306 g/mol. The molecule has 0 aromatic heterocycles. The molecule has 1 aromatic carbocycles. The number of hydrogen-bond donors (Lipinski definition) is 1. The summed E-state index contributed by atoms with van der Waals surface area (Å²) in [6.45, 7) is 4.42. The summed E-state index contributed by atoms with van der Waals surface area (Å²) in [7, 11) is 2.07. The molecule has 0 aliphatic carbocycles. The molecule has 2 aliphatic heterocycles. The van der Waals surface area contributed by atoms with Crippen LogP contribution in [0, 0.1) is 18.7 Å². The van der Waals surface area contributed by atoms with Crippen LogP contribution in [0.5, 0.6) is 0 Å². The Kier molecular flexibility index (Phi) is 3.95. The molecule has 1 amide bonds. The zero-order valence-corrected chi connectivity index (χ0v) is 13.2. The van der Waals surface area contributed by atoms with Crippen LogP contribution >= 0.6 is 0 Å². The van der Waals surface area contributed by atoms with Crippen molar-refractivity contribution in [1.29, 1.82) is 0 Å². The van der Waals surface area contributed by atoms with Gasteiger partial charge in [-0.05, 0) is 49.6 Å². The van der Waals surface area contributed by atoms with E-state index in [1.807, 2.05) is 11.8 Å². The molecule has 2 saturated heterocycles. The van der Waals surface area contributed by atoms with E-state index in [1.54, 1.807) is 6.07 Å². The first-order valence-electron chi connectivity index (χ1n) is 7.78. The fraction of sp³-hybridized carbons (Fsp3) is 0.588. The van der Waals surface area contributed by atoms with Crippen molar-refractivity contribution >= 4 is 5.91 Å². The number of nitrogens with zero attached hydrogens (tertiary/aromatic N) is 2. The van der Waals surface area contributed by atoms with Crippen molar-refractivity contribution in [3.05, 3.63) is 35.1 Å². The van der Waals surface area contributed by atoms with E-state index in [0.717, 1.165) is 37.2 Å². The Hall–Kier alpha value is -1.46. The third-order valence-corrected chi connectivity index (χ3v) is 5.24. The summed E-state index contributed by atoms with van der Waals surface area (Å²) in [5.74, 6) is 0.155. The molecule has 5 heteroatoms. The molecule has 1 aromatic rings. The molecule has 0 saturated carbocycles. The summed E-state index contributed by atoms with van der Waals surface area (Å²) < 4.78 is 13.1. The predicted molar refractivity (Wildman–Crippen MR) is 82.0 cm³/mol. The zero-order valence-electron chi connectivity index (χ0n) is 13.2. The minimum atomic E-state index is -0.265. The second-order valence-electron chi connectivity index (χ2n) is 6.85. The van der Waals surface area contributed by atoms with Gasteiger partial charge in [0, 0.05) is 26.2 Å². The molecule has 1 spiro atoms. The number of likely N-dealkylation sites (N-methyl/N-ethyl adjacent to an activating group) is 1. The van der Waals surface area contributed by atoms with Crippen LogP contribution in [0.25, 0.3) is 0 Å². The summed E-state index contributed by atoms with van der Waals surface area (Å²) in [6, 6.07) is 4.57. The molecular weight excluding hydrogens is 283 g/mol. The van der Waals surface area contributed by atoms with Gasteiger partial charge in [-0.15, -0.1) is 0 Å². The monoisotopic (exact) mass is 306 g/mol. The van der Waals surface area contributed by atoms with E-state index in [2.05, 4.69) is 11.9 Å². The first kappa shape index (κ1) is 15.4. The summed E-state index contributed by atoms with van der Waals surface area (Å²) in [4.78, 5) is 16.5. The number of aliphatic hydroxyl groups excluding tert-OH is 1. The van der Waals surface area contributed by atoms with Crippen molar-refractivity contribution in [3.63, 3.8) is 0 Å². The molecule has 1 atom stereocenters. The van der Waals surface area contributed by atoms with Gasteiger partial charge in [0.15, 0.2) is 0 Å². The SMILES string of the molecule is Cc1cc(F)ccc1CC(=O)N1CC2(C[C@H](CO)CN2C)C1. The van der Waals surface area contributed by atoms with Gasteiger partial charge in [0.1, 0.15) is 5.82 Å². The lowest BCUT2D eigenvalue weighted by molar-refractivity contribution is -0.142. The molecule has 4 nitrogen and oxygen atoms in total. The molecule has 0 bridgehead atoms. The van der Waals surface area contributed by atoms with Gasteiger partial charge >= 0.3 is 0 Å². The normalized spacial score (nSPS) is 23.8. The smallest absolute Gasteiger partial charge is 0.227 e. The van der Waals surface area contributed by atoms with Crippen molar-refractivity contribution in [2.75, 3.05) is 33.3 Å².